The lowest BCUT2D eigenvalue weighted by Crippen LogP contribution is -2.91. The van der Waals surface area contributed by atoms with E-state index < -0.39 is 0 Å². The Morgan fingerprint density at radius 3 is 1.82 bits per heavy atom. The van der Waals surface area contributed by atoms with Gasteiger partial charge in [0.15, 0.2) is 0 Å². The van der Waals surface area contributed by atoms with Crippen LogP contribution in [0.1, 0.15) is 6.42 Å². The van der Waals surface area contributed by atoms with E-state index in [1.165, 1.54) is 12.3 Å². The monoisotopic (exact) mass is 148 g/mol. The van der Waals surface area contributed by atoms with E-state index in [0.29, 0.717) is 0 Å². The number of hydrogen-bond acceptors (Lipinski definition) is 1. The normalized spacial score (nSPS) is 90.8. The van der Waals surface area contributed by atoms with Crippen LogP contribution >= 0.6 is 0 Å². The van der Waals surface area contributed by atoms with Crippen LogP contribution < -0.4 is 0 Å². The van der Waals surface area contributed by atoms with Crippen molar-refractivity contribution in [3.63, 3.8) is 0 Å². The first-order valence-electron chi connectivity index (χ1n) is 5.07. The molecule has 1 nitrogen and oxygen atoms in total. The lowest BCUT2D eigenvalue weighted by atomic mass is 9.11. The maximum atomic E-state index is 9.75. The summed E-state index contributed by atoms with van der Waals surface area (Å²) in [4.78, 5) is 0. The number of rotatable bonds is 0. The van der Waals surface area contributed by atoms with E-state index in [0.717, 1.165) is 41.4 Å². The highest BCUT2D eigenvalue weighted by molar-refractivity contribution is 5.35. The van der Waals surface area contributed by atoms with E-state index in [2.05, 4.69) is 0 Å². The summed E-state index contributed by atoms with van der Waals surface area (Å²) < 4.78 is 0. The summed E-state index contributed by atoms with van der Waals surface area (Å²) in [6.07, 6.45) is 1.30. The Labute approximate surface area is 65.8 Å². The van der Waals surface area contributed by atoms with E-state index in [-0.39, 0.29) is 6.10 Å². The van der Waals surface area contributed by atoms with Crippen molar-refractivity contribution in [1.82, 2.24) is 0 Å². The Morgan fingerprint density at radius 2 is 1.27 bits per heavy atom. The maximum Gasteiger partial charge on any atom is 0.0577 e. The molecule has 11 heavy (non-hydrogen) atoms. The van der Waals surface area contributed by atoms with Crippen LogP contribution in [0.4, 0.5) is 0 Å². The fourth-order valence-electron chi connectivity index (χ4n) is 5.93. The summed E-state index contributed by atoms with van der Waals surface area (Å²) >= 11 is 0. The van der Waals surface area contributed by atoms with Gasteiger partial charge < -0.3 is 5.11 Å². The molecule has 2 bridgehead atoms. The van der Waals surface area contributed by atoms with Gasteiger partial charge in [-0.2, -0.15) is 0 Å². The number of aliphatic hydroxyl groups is 1. The first-order chi connectivity index (χ1) is 5.39. The van der Waals surface area contributed by atoms with E-state index in [1.54, 1.807) is 0 Å². The fourth-order valence-corrected chi connectivity index (χ4v) is 5.93. The molecule has 0 heterocycles. The summed E-state index contributed by atoms with van der Waals surface area (Å²) in [5.41, 5.74) is 0. The lowest BCUT2D eigenvalue weighted by molar-refractivity contribution is -0.475. The van der Waals surface area contributed by atoms with Crippen LogP contribution in [-0.2, 0) is 0 Å². The van der Waals surface area contributed by atoms with Gasteiger partial charge in [0.2, 0.25) is 0 Å². The van der Waals surface area contributed by atoms with Crippen LogP contribution in [0.5, 0.6) is 0 Å². The van der Waals surface area contributed by atoms with Crippen molar-refractivity contribution in [2.24, 2.45) is 47.3 Å². The lowest BCUT2D eigenvalue weighted by Gasteiger charge is -2.93. The zero-order chi connectivity index (χ0) is 6.90. The van der Waals surface area contributed by atoms with Crippen LogP contribution in [0.3, 0.4) is 0 Å². The van der Waals surface area contributed by atoms with Crippen LogP contribution in [-0.4, -0.2) is 11.2 Å². The number of fused-ring (bicyclic) bond motifs is 1. The first kappa shape index (κ1) is 4.86. The van der Waals surface area contributed by atoms with Crippen LogP contribution in [0.2, 0.25) is 0 Å². The molecule has 0 aromatic heterocycles. The van der Waals surface area contributed by atoms with Gasteiger partial charge in [0.1, 0.15) is 0 Å². The molecule has 6 fully saturated rings. The van der Waals surface area contributed by atoms with E-state index in [4.69, 9.17) is 0 Å². The predicted molar refractivity (Wildman–Crippen MR) is 38.5 cm³/mol. The van der Waals surface area contributed by atoms with Gasteiger partial charge in [-0.05, 0) is 53.8 Å². The van der Waals surface area contributed by atoms with Crippen molar-refractivity contribution in [3.05, 3.63) is 0 Å². The first-order valence-corrected chi connectivity index (χ1v) is 5.07. The van der Waals surface area contributed by atoms with Crippen molar-refractivity contribution in [2.75, 3.05) is 0 Å². The Kier molecular flexibility index (Phi) is 0.452. The number of aliphatic hydroxyl groups excluding tert-OH is 1. The molecular formula is C10H12O. The fraction of sp³-hybridized carbons (Fsp3) is 1.00. The standard InChI is InChI=1S/C10H12O/c11-3-1-2-4-7-5(2)9-6(3)8(4)10(7)9/h2-11H,1H2. The molecule has 6 saturated carbocycles. The van der Waals surface area contributed by atoms with Crippen molar-refractivity contribution in [3.8, 4) is 0 Å². The van der Waals surface area contributed by atoms with Crippen molar-refractivity contribution >= 4 is 0 Å². The van der Waals surface area contributed by atoms with Gasteiger partial charge in [0.25, 0.3) is 0 Å². The van der Waals surface area contributed by atoms with Gasteiger partial charge in [-0.1, -0.05) is 0 Å². The molecule has 0 spiro atoms. The number of hydrogen-bond donors (Lipinski definition) is 1. The second-order valence-corrected chi connectivity index (χ2v) is 5.51. The minimum Gasteiger partial charge on any atom is -0.393 e. The van der Waals surface area contributed by atoms with E-state index in [9.17, 15) is 5.11 Å². The Hall–Kier alpha value is -0.0400. The van der Waals surface area contributed by atoms with Crippen molar-refractivity contribution in [2.45, 2.75) is 12.5 Å². The second-order valence-electron chi connectivity index (χ2n) is 5.51. The molecule has 6 aliphatic carbocycles. The molecule has 0 amide bonds. The third-order valence-corrected chi connectivity index (χ3v) is 5.95. The molecule has 0 saturated heterocycles. The Morgan fingerprint density at radius 1 is 0.727 bits per heavy atom. The quantitative estimate of drug-likeness (QED) is 0.537. The molecule has 5 atom stereocenters. The highest BCUT2D eigenvalue weighted by Gasteiger charge is 2.89. The largest absolute Gasteiger partial charge is 0.393 e. The molecule has 1 N–H and O–H groups in total. The van der Waals surface area contributed by atoms with Gasteiger partial charge in [-0.15, -0.1) is 0 Å². The SMILES string of the molecule is OC1CC2C3C4C1C1C2C3C41. The van der Waals surface area contributed by atoms with E-state index in [1.807, 2.05) is 0 Å². The molecule has 1 heteroatoms. The van der Waals surface area contributed by atoms with Gasteiger partial charge in [-0.25, -0.2) is 0 Å². The summed E-state index contributed by atoms with van der Waals surface area (Å²) in [6.45, 7) is 0. The molecule has 5 unspecified atom stereocenters. The Bertz CT molecular complexity index is 250. The van der Waals surface area contributed by atoms with Crippen LogP contribution in [0.15, 0.2) is 0 Å². The molecule has 0 aromatic rings. The van der Waals surface area contributed by atoms with Crippen molar-refractivity contribution in [1.29, 1.82) is 0 Å². The van der Waals surface area contributed by atoms with E-state index >= 15 is 0 Å². The average Bonchev–Trinajstić information content (AvgIpc) is 1.95. The smallest absolute Gasteiger partial charge is 0.0577 e. The maximum absolute atomic E-state index is 9.75. The molecule has 0 aromatic carbocycles. The third-order valence-electron chi connectivity index (χ3n) is 5.95. The molecule has 58 valence electrons. The molecule has 6 rings (SSSR count). The summed E-state index contributed by atoms with van der Waals surface area (Å²) in [5, 5.41) is 9.75. The predicted octanol–water partition coefficient (Wildman–Crippen LogP) is 0.735. The topological polar surface area (TPSA) is 20.2 Å². The third kappa shape index (κ3) is 0.234. The zero-order valence-electron chi connectivity index (χ0n) is 6.35. The van der Waals surface area contributed by atoms with Gasteiger partial charge in [0.05, 0.1) is 6.10 Å². The zero-order valence-corrected chi connectivity index (χ0v) is 6.35. The van der Waals surface area contributed by atoms with Gasteiger partial charge in [-0.3, -0.25) is 0 Å². The second kappa shape index (κ2) is 1.02. The highest BCUT2D eigenvalue weighted by atomic mass is 16.3. The summed E-state index contributed by atoms with van der Waals surface area (Å²) in [6, 6.07) is 0. The highest BCUT2D eigenvalue weighted by Crippen LogP contribution is 2.91. The van der Waals surface area contributed by atoms with Crippen molar-refractivity contribution < 1.29 is 5.11 Å². The minimum atomic E-state index is 0.125. The molecule has 6 aliphatic rings. The molecule has 0 radical (unpaired) electrons. The Balaban J connectivity index is 1.75. The summed E-state index contributed by atoms with van der Waals surface area (Å²) in [7, 11) is 0. The van der Waals surface area contributed by atoms with Gasteiger partial charge >= 0.3 is 0 Å². The van der Waals surface area contributed by atoms with Gasteiger partial charge in [0, 0.05) is 0 Å². The minimum absolute atomic E-state index is 0.125. The summed E-state index contributed by atoms with van der Waals surface area (Å²) in [5.74, 6) is 8.45. The average molecular weight is 148 g/mol. The molecular weight excluding hydrogens is 136 g/mol. The van der Waals surface area contributed by atoms with Crippen LogP contribution in [0, 0.1) is 47.3 Å². The molecule has 0 aliphatic heterocycles. The van der Waals surface area contributed by atoms with Crippen LogP contribution in [0.25, 0.3) is 0 Å².